The molecule has 0 unspecified atom stereocenters. The highest BCUT2D eigenvalue weighted by Gasteiger charge is 2.12. The van der Waals surface area contributed by atoms with E-state index in [1.165, 1.54) is 19.4 Å². The van der Waals surface area contributed by atoms with E-state index in [1.807, 2.05) is 20.8 Å². The highest BCUT2D eigenvalue weighted by molar-refractivity contribution is 5.68. The molecule has 18 heavy (non-hydrogen) atoms. The van der Waals surface area contributed by atoms with Gasteiger partial charge in [-0.3, -0.25) is 9.59 Å². The normalized spacial score (nSPS) is 11.1. The van der Waals surface area contributed by atoms with Crippen LogP contribution in [-0.2, 0) is 19.1 Å². The van der Waals surface area contributed by atoms with E-state index in [-0.39, 0.29) is 0 Å². The lowest BCUT2D eigenvalue weighted by Crippen LogP contribution is -2.20. The number of ether oxygens (including phenoxy) is 2. The predicted octanol–water partition coefficient (Wildman–Crippen LogP) is 3.13. The third-order valence-electron chi connectivity index (χ3n) is 2.08. The van der Waals surface area contributed by atoms with Crippen LogP contribution in [0.25, 0.3) is 0 Å². The lowest BCUT2D eigenvalue weighted by molar-refractivity contribution is -0.176. The summed E-state index contributed by atoms with van der Waals surface area (Å²) < 4.78 is 9.77. The summed E-state index contributed by atoms with van der Waals surface area (Å²) in [5, 5.41) is 0. The van der Waals surface area contributed by atoms with Gasteiger partial charge in [0.05, 0.1) is 0 Å². The summed E-state index contributed by atoms with van der Waals surface area (Å²) in [6.45, 7) is 8.56. The van der Waals surface area contributed by atoms with E-state index in [0.717, 1.165) is 18.4 Å². The van der Waals surface area contributed by atoms with Crippen LogP contribution in [-0.4, -0.2) is 18.2 Å². The smallest absolute Gasteiger partial charge is 0.305 e. The molecule has 4 nitrogen and oxygen atoms in total. The Kier molecular flexibility index (Phi) is 7.76. The van der Waals surface area contributed by atoms with Crippen LogP contribution in [0.2, 0.25) is 0 Å². The van der Waals surface area contributed by atoms with E-state index in [2.05, 4.69) is 6.08 Å². The lowest BCUT2D eigenvalue weighted by atomic mass is 10.1. The second kappa shape index (κ2) is 8.50. The van der Waals surface area contributed by atoms with E-state index in [0.29, 0.717) is 0 Å². The van der Waals surface area contributed by atoms with E-state index in [4.69, 9.17) is 9.47 Å². The Morgan fingerprint density at radius 3 is 1.89 bits per heavy atom. The van der Waals surface area contributed by atoms with Gasteiger partial charge in [-0.2, -0.15) is 0 Å². The molecule has 4 heteroatoms. The van der Waals surface area contributed by atoms with Gasteiger partial charge >= 0.3 is 11.9 Å². The number of rotatable bonds is 6. The number of hydrogen-bond donors (Lipinski definition) is 0. The van der Waals surface area contributed by atoms with Gasteiger partial charge < -0.3 is 9.47 Å². The first-order valence-corrected chi connectivity index (χ1v) is 5.96. The minimum atomic E-state index is -0.924. The highest BCUT2D eigenvalue weighted by Crippen LogP contribution is 2.10. The summed E-state index contributed by atoms with van der Waals surface area (Å²) in [5.74, 6) is -0.954. The molecule has 0 heterocycles. The van der Waals surface area contributed by atoms with Gasteiger partial charge in [0.15, 0.2) is 0 Å². The van der Waals surface area contributed by atoms with Crippen molar-refractivity contribution in [3.63, 3.8) is 0 Å². The SMILES string of the molecule is CC(=O)OC(/C=C(\C)CCC=C(C)C)OC(C)=O. The minimum absolute atomic E-state index is 0.477. The van der Waals surface area contributed by atoms with E-state index >= 15 is 0 Å². The zero-order valence-electron chi connectivity index (χ0n) is 11.8. The summed E-state index contributed by atoms with van der Waals surface area (Å²) in [7, 11) is 0. The van der Waals surface area contributed by atoms with Crippen LogP contribution in [0.5, 0.6) is 0 Å². The second-order valence-corrected chi connectivity index (χ2v) is 4.42. The first kappa shape index (κ1) is 16.4. The molecule has 0 rings (SSSR count). The topological polar surface area (TPSA) is 52.6 Å². The zero-order valence-corrected chi connectivity index (χ0v) is 11.8. The Labute approximate surface area is 109 Å². The van der Waals surface area contributed by atoms with Gasteiger partial charge in [-0.05, 0) is 39.7 Å². The summed E-state index contributed by atoms with van der Waals surface area (Å²) >= 11 is 0. The number of esters is 2. The fourth-order valence-electron chi connectivity index (χ4n) is 1.32. The van der Waals surface area contributed by atoms with Crippen molar-refractivity contribution in [3.05, 3.63) is 23.3 Å². The molecule has 0 aliphatic carbocycles. The Balaban J connectivity index is 4.46. The Morgan fingerprint density at radius 1 is 1.00 bits per heavy atom. The third-order valence-corrected chi connectivity index (χ3v) is 2.08. The number of carbonyl (C=O) groups excluding carboxylic acids is 2. The number of carbonyl (C=O) groups is 2. The van der Waals surface area contributed by atoms with Crippen molar-refractivity contribution in [2.24, 2.45) is 0 Å². The Bertz CT molecular complexity index is 333. The second-order valence-electron chi connectivity index (χ2n) is 4.42. The molecule has 0 aliphatic heterocycles. The third kappa shape index (κ3) is 9.63. The van der Waals surface area contributed by atoms with Gasteiger partial charge in [0.1, 0.15) is 0 Å². The standard InChI is InChI=1S/C14H22O4/c1-10(2)7-6-8-11(3)9-14(17-12(4)15)18-13(5)16/h7,9,14H,6,8H2,1-5H3/b11-9+. The van der Waals surface area contributed by atoms with Crippen LogP contribution in [0.15, 0.2) is 23.3 Å². The summed E-state index contributed by atoms with van der Waals surface area (Å²) in [6, 6.07) is 0. The number of hydrogen-bond acceptors (Lipinski definition) is 4. The zero-order chi connectivity index (χ0) is 14.1. The van der Waals surface area contributed by atoms with Crippen LogP contribution in [0.1, 0.15) is 47.5 Å². The quantitative estimate of drug-likeness (QED) is 0.415. The van der Waals surface area contributed by atoms with Gasteiger partial charge in [0.25, 0.3) is 6.29 Å². The van der Waals surface area contributed by atoms with Crippen LogP contribution in [0, 0.1) is 0 Å². The Hall–Kier alpha value is -1.58. The molecule has 0 aliphatic rings. The molecule has 102 valence electrons. The van der Waals surface area contributed by atoms with Gasteiger partial charge in [-0.15, -0.1) is 0 Å². The lowest BCUT2D eigenvalue weighted by Gasteiger charge is -2.13. The summed E-state index contributed by atoms with van der Waals surface area (Å²) in [5.41, 5.74) is 2.28. The van der Waals surface area contributed by atoms with Gasteiger partial charge in [-0.25, -0.2) is 0 Å². The van der Waals surface area contributed by atoms with Gasteiger partial charge in [-0.1, -0.05) is 17.2 Å². The average Bonchev–Trinajstić information content (AvgIpc) is 2.13. The van der Waals surface area contributed by atoms with Crippen molar-refractivity contribution in [2.45, 2.75) is 53.8 Å². The Morgan fingerprint density at radius 2 is 1.50 bits per heavy atom. The molecule has 0 fully saturated rings. The maximum absolute atomic E-state index is 10.9. The van der Waals surface area contributed by atoms with Crippen molar-refractivity contribution in [1.82, 2.24) is 0 Å². The highest BCUT2D eigenvalue weighted by atomic mass is 16.7. The molecule has 0 atom stereocenters. The van der Waals surface area contributed by atoms with Crippen LogP contribution < -0.4 is 0 Å². The molecule has 0 amide bonds. The van der Waals surface area contributed by atoms with Gasteiger partial charge in [0.2, 0.25) is 0 Å². The summed E-state index contributed by atoms with van der Waals surface area (Å²) in [6.07, 6.45) is 4.61. The molecule has 0 saturated carbocycles. The van der Waals surface area contributed by atoms with Crippen LogP contribution in [0.3, 0.4) is 0 Å². The molecule has 0 aromatic heterocycles. The van der Waals surface area contributed by atoms with Crippen molar-refractivity contribution in [2.75, 3.05) is 0 Å². The average molecular weight is 254 g/mol. The monoisotopic (exact) mass is 254 g/mol. The molecule has 0 bridgehead atoms. The molecule has 0 spiro atoms. The largest absolute Gasteiger partial charge is 0.421 e. The molecular weight excluding hydrogens is 232 g/mol. The fraction of sp³-hybridized carbons (Fsp3) is 0.571. The van der Waals surface area contributed by atoms with E-state index < -0.39 is 18.2 Å². The van der Waals surface area contributed by atoms with Crippen molar-refractivity contribution in [3.8, 4) is 0 Å². The molecule has 0 saturated heterocycles. The molecule has 0 aromatic rings. The molecule has 0 N–H and O–H groups in total. The van der Waals surface area contributed by atoms with Crippen molar-refractivity contribution < 1.29 is 19.1 Å². The molecular formula is C14H22O4. The van der Waals surface area contributed by atoms with Crippen molar-refractivity contribution in [1.29, 1.82) is 0 Å². The van der Waals surface area contributed by atoms with E-state index in [1.54, 1.807) is 6.08 Å². The molecule has 0 radical (unpaired) electrons. The van der Waals surface area contributed by atoms with E-state index in [9.17, 15) is 9.59 Å². The maximum atomic E-state index is 10.9. The minimum Gasteiger partial charge on any atom is -0.421 e. The first-order valence-electron chi connectivity index (χ1n) is 5.96. The van der Waals surface area contributed by atoms with Crippen LogP contribution >= 0.6 is 0 Å². The van der Waals surface area contributed by atoms with Crippen molar-refractivity contribution >= 4 is 11.9 Å². The molecule has 0 aromatic carbocycles. The fourth-order valence-corrected chi connectivity index (χ4v) is 1.32. The first-order chi connectivity index (χ1) is 8.31. The van der Waals surface area contributed by atoms with Crippen LogP contribution in [0.4, 0.5) is 0 Å². The number of allylic oxidation sites excluding steroid dienone is 3. The van der Waals surface area contributed by atoms with Gasteiger partial charge in [0, 0.05) is 13.8 Å². The predicted molar refractivity (Wildman–Crippen MR) is 69.7 cm³/mol. The summed E-state index contributed by atoms with van der Waals surface area (Å²) in [4.78, 5) is 21.7. The maximum Gasteiger partial charge on any atom is 0.305 e.